The van der Waals surface area contributed by atoms with Gasteiger partial charge in [-0.3, -0.25) is 9.88 Å². The Balaban J connectivity index is 0.00000280. The fourth-order valence-corrected chi connectivity index (χ4v) is 3.62. The van der Waals surface area contributed by atoms with E-state index in [9.17, 15) is 4.79 Å². The van der Waals surface area contributed by atoms with E-state index in [1.807, 2.05) is 32.3 Å². The Hall–Kier alpha value is -2.15. The Morgan fingerprint density at radius 1 is 1.32 bits per heavy atom. The van der Waals surface area contributed by atoms with Crippen LogP contribution in [0.2, 0.25) is 0 Å². The van der Waals surface area contributed by atoms with Crippen LogP contribution in [0.3, 0.4) is 0 Å². The maximum Gasteiger partial charge on any atom is 0.343 e. The van der Waals surface area contributed by atoms with Gasteiger partial charge in [-0.2, -0.15) is 0 Å². The predicted octanol–water partition coefficient (Wildman–Crippen LogP) is 2.82. The molecule has 152 valence electrons. The van der Waals surface area contributed by atoms with Gasteiger partial charge >= 0.3 is 5.97 Å². The lowest BCUT2D eigenvalue weighted by molar-refractivity contribution is -0.142. The fraction of sp³-hybridized carbons (Fsp3) is 0.429. The zero-order valence-corrected chi connectivity index (χ0v) is 17.4. The number of pyridine rings is 1. The summed E-state index contributed by atoms with van der Waals surface area (Å²) in [6.07, 6.45) is 3.76. The number of benzene rings is 1. The molecule has 1 aromatic carbocycles. The van der Waals surface area contributed by atoms with Gasteiger partial charge < -0.3 is 14.8 Å². The number of carbonyl (C=O) groups is 1. The van der Waals surface area contributed by atoms with E-state index in [0.717, 1.165) is 43.1 Å². The van der Waals surface area contributed by atoms with E-state index in [0.29, 0.717) is 6.04 Å². The van der Waals surface area contributed by atoms with Gasteiger partial charge in [-0.05, 0) is 42.2 Å². The molecule has 1 unspecified atom stereocenters. The first-order chi connectivity index (χ1) is 13.1. The van der Waals surface area contributed by atoms with Crippen molar-refractivity contribution in [3.05, 3.63) is 58.9 Å². The molecular weight excluding hydrogens is 378 g/mol. The number of rotatable bonds is 6. The summed E-state index contributed by atoms with van der Waals surface area (Å²) in [6, 6.07) is 8.72. The average Bonchev–Trinajstić information content (AvgIpc) is 2.68. The molecule has 1 aliphatic rings. The number of aryl methyl sites for hydroxylation is 2. The summed E-state index contributed by atoms with van der Waals surface area (Å²) >= 11 is 0. The summed E-state index contributed by atoms with van der Waals surface area (Å²) in [6.45, 7) is 7.70. The van der Waals surface area contributed by atoms with Crippen molar-refractivity contribution in [1.82, 2.24) is 15.2 Å². The molecule has 0 aliphatic carbocycles. The van der Waals surface area contributed by atoms with E-state index in [2.05, 4.69) is 38.1 Å². The molecule has 1 fully saturated rings. The summed E-state index contributed by atoms with van der Waals surface area (Å²) in [5.74, 6) is 0.381. The normalized spacial score (nSPS) is 16.9. The first-order valence-corrected chi connectivity index (χ1v) is 9.23. The first kappa shape index (κ1) is 22.1. The minimum Gasteiger partial charge on any atom is -0.481 e. The number of methoxy groups -OCH3 is 1. The maximum atomic E-state index is 11.3. The molecule has 1 aromatic heterocycles. The summed E-state index contributed by atoms with van der Waals surface area (Å²) in [4.78, 5) is 18.1. The van der Waals surface area contributed by atoms with Crippen LogP contribution in [-0.2, 0) is 16.1 Å². The zero-order chi connectivity index (χ0) is 19.2. The van der Waals surface area contributed by atoms with Crippen LogP contribution in [0.5, 0.6) is 5.75 Å². The van der Waals surface area contributed by atoms with E-state index < -0.39 is 0 Å². The minimum absolute atomic E-state index is 0. The third kappa shape index (κ3) is 5.44. The Labute approximate surface area is 172 Å². The Bertz CT molecular complexity index is 763. The molecule has 0 bridgehead atoms. The molecule has 0 radical (unpaired) electrons. The van der Waals surface area contributed by atoms with Crippen molar-refractivity contribution in [2.45, 2.75) is 26.4 Å². The van der Waals surface area contributed by atoms with Gasteiger partial charge in [0.25, 0.3) is 0 Å². The number of carbonyl (C=O) groups excluding carboxylic acids is 1. The van der Waals surface area contributed by atoms with Gasteiger partial charge in [0.2, 0.25) is 0 Å². The van der Waals surface area contributed by atoms with Crippen molar-refractivity contribution >= 4 is 18.4 Å². The molecule has 7 heteroatoms. The molecule has 3 rings (SSSR count). The molecule has 2 heterocycles. The van der Waals surface area contributed by atoms with Gasteiger partial charge in [0.15, 0.2) is 6.61 Å². The molecule has 0 saturated carbocycles. The van der Waals surface area contributed by atoms with E-state index in [1.165, 1.54) is 18.2 Å². The van der Waals surface area contributed by atoms with Gasteiger partial charge in [-0.15, -0.1) is 12.4 Å². The van der Waals surface area contributed by atoms with Gasteiger partial charge in [0.05, 0.1) is 7.11 Å². The number of piperazine rings is 1. The maximum absolute atomic E-state index is 11.3. The number of halogens is 1. The van der Waals surface area contributed by atoms with E-state index in [-0.39, 0.29) is 25.0 Å². The number of hydrogen-bond donors (Lipinski definition) is 1. The van der Waals surface area contributed by atoms with Crippen molar-refractivity contribution < 1.29 is 14.3 Å². The smallest absolute Gasteiger partial charge is 0.343 e. The quantitative estimate of drug-likeness (QED) is 0.745. The number of nitrogens with zero attached hydrogens (tertiary/aromatic N) is 2. The summed E-state index contributed by atoms with van der Waals surface area (Å²) < 4.78 is 10.3. The second kappa shape index (κ2) is 10.4. The highest BCUT2D eigenvalue weighted by molar-refractivity contribution is 5.85. The molecule has 1 atom stereocenters. The molecule has 0 amide bonds. The van der Waals surface area contributed by atoms with Crippen molar-refractivity contribution in [2.24, 2.45) is 0 Å². The second-order valence-electron chi connectivity index (χ2n) is 6.90. The largest absolute Gasteiger partial charge is 0.481 e. The Morgan fingerprint density at radius 3 is 2.71 bits per heavy atom. The van der Waals surface area contributed by atoms with Gasteiger partial charge in [0.1, 0.15) is 5.75 Å². The number of esters is 1. The van der Waals surface area contributed by atoms with Crippen LogP contribution in [0, 0.1) is 13.8 Å². The van der Waals surface area contributed by atoms with Crippen LogP contribution in [-0.4, -0.2) is 49.2 Å². The minimum atomic E-state index is -0.377. The zero-order valence-electron chi connectivity index (χ0n) is 16.6. The lowest BCUT2D eigenvalue weighted by Gasteiger charge is -2.36. The number of ether oxygens (including phenoxy) is 2. The lowest BCUT2D eigenvalue weighted by atomic mass is 10.0. The van der Waals surface area contributed by atoms with E-state index >= 15 is 0 Å². The highest BCUT2D eigenvalue weighted by Crippen LogP contribution is 2.28. The van der Waals surface area contributed by atoms with Gasteiger partial charge in [-0.1, -0.05) is 18.2 Å². The second-order valence-corrected chi connectivity index (χ2v) is 6.90. The number of nitrogens with one attached hydrogen (secondary N) is 1. The van der Waals surface area contributed by atoms with Gasteiger partial charge in [0, 0.05) is 44.6 Å². The molecule has 28 heavy (non-hydrogen) atoms. The van der Waals surface area contributed by atoms with Crippen LogP contribution in [0.1, 0.15) is 28.3 Å². The molecule has 1 saturated heterocycles. The van der Waals surface area contributed by atoms with Crippen LogP contribution in [0.4, 0.5) is 0 Å². The average molecular weight is 406 g/mol. The van der Waals surface area contributed by atoms with E-state index in [4.69, 9.17) is 4.74 Å². The van der Waals surface area contributed by atoms with Crippen molar-refractivity contribution in [1.29, 1.82) is 0 Å². The molecule has 1 N–H and O–H groups in total. The first-order valence-electron chi connectivity index (χ1n) is 9.23. The van der Waals surface area contributed by atoms with Gasteiger partial charge in [-0.25, -0.2) is 4.79 Å². The highest BCUT2D eigenvalue weighted by Gasteiger charge is 2.24. The molecule has 2 aromatic rings. The SMILES string of the molecule is COC(=O)COc1c(C)cc(CN2CCNCC2c2cccnc2)cc1C.Cl. The molecule has 0 spiro atoms. The van der Waals surface area contributed by atoms with Crippen molar-refractivity contribution in [3.63, 3.8) is 0 Å². The highest BCUT2D eigenvalue weighted by atomic mass is 35.5. The molecule has 6 nitrogen and oxygen atoms in total. The fourth-order valence-electron chi connectivity index (χ4n) is 3.62. The summed E-state index contributed by atoms with van der Waals surface area (Å²) in [5.41, 5.74) is 4.53. The third-order valence-corrected chi connectivity index (χ3v) is 4.89. The monoisotopic (exact) mass is 405 g/mol. The summed E-state index contributed by atoms with van der Waals surface area (Å²) in [7, 11) is 1.36. The Morgan fingerprint density at radius 2 is 2.07 bits per heavy atom. The van der Waals surface area contributed by atoms with Crippen LogP contribution in [0.15, 0.2) is 36.7 Å². The van der Waals surface area contributed by atoms with Crippen LogP contribution in [0.25, 0.3) is 0 Å². The molecular formula is C21H28ClN3O3. The predicted molar refractivity (Wildman–Crippen MR) is 111 cm³/mol. The number of hydrogen-bond acceptors (Lipinski definition) is 6. The summed E-state index contributed by atoms with van der Waals surface area (Å²) in [5, 5.41) is 3.48. The van der Waals surface area contributed by atoms with E-state index in [1.54, 1.807) is 0 Å². The van der Waals surface area contributed by atoms with Crippen molar-refractivity contribution in [2.75, 3.05) is 33.4 Å². The number of aromatic nitrogens is 1. The molecule has 1 aliphatic heterocycles. The van der Waals surface area contributed by atoms with Crippen LogP contribution >= 0.6 is 12.4 Å². The third-order valence-electron chi connectivity index (χ3n) is 4.89. The lowest BCUT2D eigenvalue weighted by Crippen LogP contribution is -2.45. The van der Waals surface area contributed by atoms with Crippen molar-refractivity contribution in [3.8, 4) is 5.75 Å². The Kier molecular flexibility index (Phi) is 8.23. The van der Waals surface area contributed by atoms with Crippen LogP contribution < -0.4 is 10.1 Å². The standard InChI is InChI=1S/C21H27N3O3.ClH/c1-15-9-17(10-16(2)21(15)27-14-20(25)26-3)13-24-8-7-23-12-19(24)18-5-4-6-22-11-18;/h4-6,9-11,19,23H,7-8,12-14H2,1-3H3;1H. The topological polar surface area (TPSA) is 63.7 Å².